The first-order valence-corrected chi connectivity index (χ1v) is 4.84. The SMILES string of the molecule is CC(N)[N+](CCN)(CCN)CCN. The Morgan fingerprint density at radius 3 is 1.38 bits per heavy atom. The maximum absolute atomic E-state index is 5.94. The van der Waals surface area contributed by atoms with E-state index in [9.17, 15) is 0 Å². The van der Waals surface area contributed by atoms with Crippen LogP contribution in [0.4, 0.5) is 0 Å². The molecule has 0 spiro atoms. The molecule has 0 aliphatic heterocycles. The van der Waals surface area contributed by atoms with Gasteiger partial charge in [-0.1, -0.05) is 0 Å². The fourth-order valence-corrected chi connectivity index (χ4v) is 1.72. The third kappa shape index (κ3) is 3.58. The number of nitrogens with two attached hydrogens (primary N) is 4. The Hall–Kier alpha value is -0.200. The molecule has 0 amide bonds. The molecule has 13 heavy (non-hydrogen) atoms. The van der Waals surface area contributed by atoms with Gasteiger partial charge in [-0.2, -0.15) is 0 Å². The van der Waals surface area contributed by atoms with Gasteiger partial charge in [-0.3, -0.25) is 5.73 Å². The second-order valence-corrected chi connectivity index (χ2v) is 3.50. The highest BCUT2D eigenvalue weighted by atomic mass is 15.4. The number of rotatable bonds is 7. The van der Waals surface area contributed by atoms with Gasteiger partial charge in [-0.15, -0.1) is 0 Å². The molecular formula is C8H24N5+. The van der Waals surface area contributed by atoms with E-state index in [1.165, 1.54) is 0 Å². The lowest BCUT2D eigenvalue weighted by atomic mass is 10.2. The molecule has 1 unspecified atom stereocenters. The van der Waals surface area contributed by atoms with Crippen molar-refractivity contribution in [2.24, 2.45) is 22.9 Å². The minimum absolute atomic E-state index is 0.0515. The molecule has 0 heterocycles. The van der Waals surface area contributed by atoms with Gasteiger partial charge in [0.2, 0.25) is 0 Å². The van der Waals surface area contributed by atoms with Gasteiger partial charge in [0, 0.05) is 26.6 Å². The molecule has 0 saturated carbocycles. The van der Waals surface area contributed by atoms with E-state index in [0.29, 0.717) is 19.6 Å². The zero-order valence-corrected chi connectivity index (χ0v) is 8.58. The van der Waals surface area contributed by atoms with Crippen molar-refractivity contribution in [1.29, 1.82) is 0 Å². The van der Waals surface area contributed by atoms with Crippen molar-refractivity contribution in [1.82, 2.24) is 0 Å². The smallest absolute Gasteiger partial charge is 0.137 e. The summed E-state index contributed by atoms with van der Waals surface area (Å²) >= 11 is 0. The molecule has 5 heteroatoms. The van der Waals surface area contributed by atoms with Crippen LogP contribution in [0.15, 0.2) is 0 Å². The summed E-state index contributed by atoms with van der Waals surface area (Å²) in [6, 6.07) is 0. The van der Waals surface area contributed by atoms with Crippen LogP contribution in [0.5, 0.6) is 0 Å². The normalized spacial score (nSPS) is 14.5. The van der Waals surface area contributed by atoms with Crippen LogP contribution in [0.3, 0.4) is 0 Å². The third-order valence-electron chi connectivity index (χ3n) is 2.59. The predicted octanol–water partition coefficient (Wildman–Crippen LogP) is -2.02. The number of hydrogen-bond acceptors (Lipinski definition) is 4. The van der Waals surface area contributed by atoms with Crippen molar-refractivity contribution in [3.05, 3.63) is 0 Å². The van der Waals surface area contributed by atoms with Crippen LogP contribution in [0, 0.1) is 0 Å². The van der Waals surface area contributed by atoms with Crippen LogP contribution in [-0.4, -0.2) is 49.9 Å². The third-order valence-corrected chi connectivity index (χ3v) is 2.59. The molecule has 0 fully saturated rings. The molecule has 0 aromatic rings. The molecule has 0 aromatic carbocycles. The van der Waals surface area contributed by atoms with Crippen molar-refractivity contribution in [3.63, 3.8) is 0 Å². The van der Waals surface area contributed by atoms with Crippen LogP contribution in [0.1, 0.15) is 6.92 Å². The molecule has 0 saturated heterocycles. The van der Waals surface area contributed by atoms with Gasteiger partial charge in [0.1, 0.15) is 6.17 Å². The summed E-state index contributed by atoms with van der Waals surface area (Å²) in [6.07, 6.45) is 0.0515. The Morgan fingerprint density at radius 1 is 0.923 bits per heavy atom. The summed E-state index contributed by atoms with van der Waals surface area (Å²) < 4.78 is 0.740. The maximum Gasteiger partial charge on any atom is 0.137 e. The molecule has 5 nitrogen and oxygen atoms in total. The van der Waals surface area contributed by atoms with Gasteiger partial charge in [0.25, 0.3) is 0 Å². The maximum atomic E-state index is 5.94. The van der Waals surface area contributed by atoms with Crippen molar-refractivity contribution in [3.8, 4) is 0 Å². The quantitative estimate of drug-likeness (QED) is 0.275. The molecule has 80 valence electrons. The van der Waals surface area contributed by atoms with E-state index < -0.39 is 0 Å². The van der Waals surface area contributed by atoms with Gasteiger partial charge in [-0.05, 0) is 0 Å². The Bertz CT molecular complexity index is 109. The fourth-order valence-electron chi connectivity index (χ4n) is 1.72. The van der Waals surface area contributed by atoms with Crippen LogP contribution >= 0.6 is 0 Å². The summed E-state index contributed by atoms with van der Waals surface area (Å²) in [6.45, 7) is 6.43. The molecule has 0 aromatic heterocycles. The highest BCUT2D eigenvalue weighted by Gasteiger charge is 2.28. The molecule has 8 N–H and O–H groups in total. The molecule has 0 aliphatic rings. The Morgan fingerprint density at radius 2 is 1.23 bits per heavy atom. The van der Waals surface area contributed by atoms with Gasteiger partial charge in [0.15, 0.2) is 0 Å². The Balaban J connectivity index is 4.38. The average molecular weight is 190 g/mol. The highest BCUT2D eigenvalue weighted by Crippen LogP contribution is 2.07. The van der Waals surface area contributed by atoms with Crippen molar-refractivity contribution < 1.29 is 4.48 Å². The van der Waals surface area contributed by atoms with Crippen molar-refractivity contribution in [2.45, 2.75) is 13.1 Å². The Kier molecular flexibility index (Phi) is 6.19. The zero-order valence-electron chi connectivity index (χ0n) is 8.58. The summed E-state index contributed by atoms with van der Waals surface area (Å²) in [5.74, 6) is 0. The number of nitrogens with zero attached hydrogens (tertiary/aromatic N) is 1. The van der Waals surface area contributed by atoms with E-state index in [4.69, 9.17) is 22.9 Å². The fraction of sp³-hybridized carbons (Fsp3) is 1.00. The minimum atomic E-state index is 0.0515. The summed E-state index contributed by atoms with van der Waals surface area (Å²) in [5, 5.41) is 0. The van der Waals surface area contributed by atoms with E-state index in [1.54, 1.807) is 0 Å². The van der Waals surface area contributed by atoms with Gasteiger partial charge < -0.3 is 21.7 Å². The second kappa shape index (κ2) is 6.28. The van der Waals surface area contributed by atoms with Crippen LogP contribution in [0.25, 0.3) is 0 Å². The second-order valence-electron chi connectivity index (χ2n) is 3.50. The van der Waals surface area contributed by atoms with Crippen molar-refractivity contribution >= 4 is 0 Å². The number of hydrogen-bond donors (Lipinski definition) is 4. The molecule has 0 bridgehead atoms. The predicted molar refractivity (Wildman–Crippen MR) is 55.7 cm³/mol. The van der Waals surface area contributed by atoms with E-state index >= 15 is 0 Å². The molecular weight excluding hydrogens is 166 g/mol. The van der Waals surface area contributed by atoms with E-state index in [1.807, 2.05) is 6.92 Å². The zero-order chi connectivity index (χ0) is 10.3. The summed E-state index contributed by atoms with van der Waals surface area (Å²) in [5.41, 5.74) is 22.6. The Labute approximate surface area is 80.6 Å². The van der Waals surface area contributed by atoms with Crippen LogP contribution in [0.2, 0.25) is 0 Å². The largest absolute Gasteiger partial charge is 0.326 e. The highest BCUT2D eigenvalue weighted by molar-refractivity contribution is 4.51. The van der Waals surface area contributed by atoms with E-state index in [2.05, 4.69) is 0 Å². The first kappa shape index (κ1) is 12.8. The summed E-state index contributed by atoms with van der Waals surface area (Å²) in [7, 11) is 0. The minimum Gasteiger partial charge on any atom is -0.326 e. The first-order chi connectivity index (χ1) is 6.13. The molecule has 1 atom stereocenters. The van der Waals surface area contributed by atoms with E-state index in [-0.39, 0.29) is 6.17 Å². The lowest BCUT2D eigenvalue weighted by molar-refractivity contribution is -0.945. The lowest BCUT2D eigenvalue weighted by Gasteiger charge is -2.41. The topological polar surface area (TPSA) is 104 Å². The van der Waals surface area contributed by atoms with Gasteiger partial charge >= 0.3 is 0 Å². The first-order valence-electron chi connectivity index (χ1n) is 4.84. The lowest BCUT2D eigenvalue weighted by Crippen LogP contribution is -2.63. The van der Waals surface area contributed by atoms with Gasteiger partial charge in [-0.25, -0.2) is 0 Å². The molecule has 0 radical (unpaired) electrons. The van der Waals surface area contributed by atoms with Crippen LogP contribution < -0.4 is 22.9 Å². The monoisotopic (exact) mass is 190 g/mol. The summed E-state index contributed by atoms with van der Waals surface area (Å²) in [4.78, 5) is 0. The number of quaternary nitrogens is 1. The average Bonchev–Trinajstić information content (AvgIpc) is 2.05. The molecule has 0 rings (SSSR count). The van der Waals surface area contributed by atoms with Crippen molar-refractivity contribution in [2.75, 3.05) is 39.3 Å². The van der Waals surface area contributed by atoms with E-state index in [0.717, 1.165) is 24.1 Å². The van der Waals surface area contributed by atoms with Crippen LogP contribution in [-0.2, 0) is 0 Å². The molecule has 0 aliphatic carbocycles. The standard InChI is InChI=1S/C8H24N5/c1-8(12)13(5-2-9,6-3-10)7-4-11/h8H,2-7,9-12H2,1H3/q+1. The van der Waals surface area contributed by atoms with Gasteiger partial charge in [0.05, 0.1) is 19.6 Å².